The van der Waals surface area contributed by atoms with Crippen LogP contribution in [0.2, 0.25) is 0 Å². The zero-order chi connectivity index (χ0) is 14.0. The average Bonchev–Trinajstić information content (AvgIpc) is 2.68. The van der Waals surface area contributed by atoms with Crippen molar-refractivity contribution in [2.45, 2.75) is 5.16 Å². The normalized spacial score (nSPS) is 10.6. The molecule has 0 bridgehead atoms. The lowest BCUT2D eigenvalue weighted by Gasteiger charge is -2.04. The molecule has 1 aromatic carbocycles. The summed E-state index contributed by atoms with van der Waals surface area (Å²) in [6, 6.07) is 3.71. The zero-order valence-corrected chi connectivity index (χ0v) is 10.7. The van der Waals surface area contributed by atoms with E-state index in [0.717, 1.165) is 17.8 Å². The van der Waals surface area contributed by atoms with Gasteiger partial charge < -0.3 is 14.8 Å². The Labute approximate surface area is 111 Å². The first kappa shape index (κ1) is 13.3. The Morgan fingerprint density at radius 1 is 1.47 bits per heavy atom. The molecule has 0 fully saturated rings. The minimum atomic E-state index is -0.967. The van der Waals surface area contributed by atoms with E-state index in [1.807, 2.05) is 0 Å². The minimum absolute atomic E-state index is 0.149. The van der Waals surface area contributed by atoms with Gasteiger partial charge in [-0.2, -0.15) is 0 Å². The van der Waals surface area contributed by atoms with Crippen LogP contribution < -0.4 is 0 Å². The number of aromatic hydroxyl groups is 1. The average molecular weight is 283 g/mol. The zero-order valence-electron chi connectivity index (χ0n) is 9.87. The van der Waals surface area contributed by atoms with Gasteiger partial charge in [-0.3, -0.25) is 4.79 Å². The maximum absolute atomic E-state index is 13.7. The largest absolute Gasteiger partial charge is 0.508 e. The summed E-state index contributed by atoms with van der Waals surface area (Å²) in [6.07, 6.45) is 0. The molecule has 0 atom stereocenters. The monoisotopic (exact) mass is 283 g/mol. The molecule has 0 saturated carbocycles. The minimum Gasteiger partial charge on any atom is -0.508 e. The maximum atomic E-state index is 13.7. The van der Waals surface area contributed by atoms with E-state index >= 15 is 0 Å². The number of carboxylic acids is 1. The van der Waals surface area contributed by atoms with Gasteiger partial charge in [0.05, 0.1) is 11.3 Å². The summed E-state index contributed by atoms with van der Waals surface area (Å²) in [5, 5.41) is 25.8. The van der Waals surface area contributed by atoms with Gasteiger partial charge in [0.1, 0.15) is 11.6 Å². The molecule has 2 aromatic rings. The highest BCUT2D eigenvalue weighted by atomic mass is 32.2. The molecular formula is C11H10FN3O3S. The third-order valence-electron chi connectivity index (χ3n) is 2.35. The molecule has 19 heavy (non-hydrogen) atoms. The van der Waals surface area contributed by atoms with E-state index in [2.05, 4.69) is 10.2 Å². The van der Waals surface area contributed by atoms with E-state index in [4.69, 9.17) is 10.2 Å². The maximum Gasteiger partial charge on any atom is 0.313 e. The van der Waals surface area contributed by atoms with Gasteiger partial charge in [-0.05, 0) is 12.1 Å². The van der Waals surface area contributed by atoms with Crippen LogP contribution in [-0.4, -0.2) is 36.7 Å². The van der Waals surface area contributed by atoms with Crippen LogP contribution in [0.4, 0.5) is 4.39 Å². The lowest BCUT2D eigenvalue weighted by Crippen LogP contribution is -2.01. The number of nitrogens with zero attached hydrogens (tertiary/aromatic N) is 3. The van der Waals surface area contributed by atoms with Gasteiger partial charge in [-0.1, -0.05) is 11.8 Å². The Hall–Kier alpha value is -2.09. The molecule has 0 aliphatic carbocycles. The number of hydrogen-bond donors (Lipinski definition) is 2. The summed E-state index contributed by atoms with van der Waals surface area (Å²) in [5.74, 6) is -1.64. The predicted octanol–water partition coefficient (Wildman–Crippen LogP) is 1.50. The molecule has 0 aliphatic heterocycles. The molecule has 0 unspecified atom stereocenters. The molecule has 2 rings (SSSR count). The standard InChI is InChI=1S/C11H10FN3O3S/c1-15-10(7-3-2-6(16)4-8(7)12)13-14-11(15)19-5-9(17)18/h2-4,16H,5H2,1H3,(H,17,18). The third-order valence-corrected chi connectivity index (χ3v) is 3.36. The highest BCUT2D eigenvalue weighted by molar-refractivity contribution is 7.99. The first-order valence-electron chi connectivity index (χ1n) is 5.22. The van der Waals surface area contributed by atoms with Gasteiger partial charge in [-0.15, -0.1) is 10.2 Å². The molecule has 8 heteroatoms. The summed E-state index contributed by atoms with van der Waals surface area (Å²) in [5.41, 5.74) is 0.190. The van der Waals surface area contributed by atoms with Crippen molar-refractivity contribution < 1.29 is 19.4 Å². The van der Waals surface area contributed by atoms with E-state index in [9.17, 15) is 9.18 Å². The van der Waals surface area contributed by atoms with Crippen LogP contribution in [0.3, 0.4) is 0 Å². The Balaban J connectivity index is 2.33. The molecule has 2 N–H and O–H groups in total. The summed E-state index contributed by atoms with van der Waals surface area (Å²) < 4.78 is 15.2. The van der Waals surface area contributed by atoms with E-state index < -0.39 is 11.8 Å². The van der Waals surface area contributed by atoms with Crippen LogP contribution in [-0.2, 0) is 11.8 Å². The molecule has 6 nitrogen and oxygen atoms in total. The number of aliphatic carboxylic acids is 1. The van der Waals surface area contributed by atoms with Crippen LogP contribution in [0.15, 0.2) is 23.4 Å². The van der Waals surface area contributed by atoms with Crippen molar-refractivity contribution in [3.63, 3.8) is 0 Å². The summed E-state index contributed by atoms with van der Waals surface area (Å²) in [7, 11) is 1.62. The Kier molecular flexibility index (Phi) is 3.70. The van der Waals surface area contributed by atoms with Gasteiger partial charge in [0.25, 0.3) is 0 Å². The number of phenolic OH excluding ortho intramolecular Hbond substituents is 1. The first-order valence-corrected chi connectivity index (χ1v) is 6.20. The number of thioether (sulfide) groups is 1. The topological polar surface area (TPSA) is 88.2 Å². The Morgan fingerprint density at radius 2 is 2.21 bits per heavy atom. The Bertz CT molecular complexity index is 630. The van der Waals surface area contributed by atoms with E-state index in [0.29, 0.717) is 5.16 Å². The third kappa shape index (κ3) is 2.84. The number of halogens is 1. The van der Waals surface area contributed by atoms with Crippen LogP contribution >= 0.6 is 11.8 Å². The molecular weight excluding hydrogens is 273 g/mol. The first-order chi connectivity index (χ1) is 8.99. The molecule has 0 radical (unpaired) electrons. The van der Waals surface area contributed by atoms with Gasteiger partial charge in [0, 0.05) is 13.1 Å². The van der Waals surface area contributed by atoms with Crippen LogP contribution in [0, 0.1) is 5.82 Å². The van der Waals surface area contributed by atoms with Crippen LogP contribution in [0.5, 0.6) is 5.75 Å². The molecule has 0 spiro atoms. The van der Waals surface area contributed by atoms with Crippen molar-refractivity contribution in [3.05, 3.63) is 24.0 Å². The fourth-order valence-electron chi connectivity index (χ4n) is 1.49. The van der Waals surface area contributed by atoms with Gasteiger partial charge in [0.15, 0.2) is 11.0 Å². The fourth-order valence-corrected chi connectivity index (χ4v) is 2.12. The van der Waals surface area contributed by atoms with Crippen molar-refractivity contribution in [1.29, 1.82) is 0 Å². The second-order valence-electron chi connectivity index (χ2n) is 3.71. The quantitative estimate of drug-likeness (QED) is 0.827. The number of hydrogen-bond acceptors (Lipinski definition) is 5. The SMILES string of the molecule is Cn1c(SCC(=O)O)nnc1-c1ccc(O)cc1F. The summed E-state index contributed by atoms with van der Waals surface area (Å²) in [4.78, 5) is 10.5. The van der Waals surface area contributed by atoms with Crippen molar-refractivity contribution in [2.24, 2.45) is 7.05 Å². The smallest absolute Gasteiger partial charge is 0.313 e. The molecule has 1 heterocycles. The highest BCUT2D eigenvalue weighted by Gasteiger charge is 2.15. The van der Waals surface area contributed by atoms with Gasteiger partial charge >= 0.3 is 5.97 Å². The highest BCUT2D eigenvalue weighted by Crippen LogP contribution is 2.26. The molecule has 0 amide bonds. The predicted molar refractivity (Wildman–Crippen MR) is 66.4 cm³/mol. The lowest BCUT2D eigenvalue weighted by atomic mass is 10.2. The lowest BCUT2D eigenvalue weighted by molar-refractivity contribution is -0.133. The second-order valence-corrected chi connectivity index (χ2v) is 4.65. The number of carboxylic acid groups (broad SMARTS) is 1. The number of phenols is 1. The van der Waals surface area contributed by atoms with Gasteiger partial charge in [0.2, 0.25) is 0 Å². The van der Waals surface area contributed by atoms with Crippen molar-refractivity contribution in [1.82, 2.24) is 14.8 Å². The van der Waals surface area contributed by atoms with Crippen molar-refractivity contribution >= 4 is 17.7 Å². The summed E-state index contributed by atoms with van der Waals surface area (Å²) in [6.45, 7) is 0. The van der Waals surface area contributed by atoms with E-state index in [1.54, 1.807) is 7.05 Å². The van der Waals surface area contributed by atoms with Crippen LogP contribution in [0.25, 0.3) is 11.4 Å². The number of carbonyl (C=O) groups is 1. The molecule has 0 aliphatic rings. The van der Waals surface area contributed by atoms with Crippen molar-refractivity contribution in [3.8, 4) is 17.1 Å². The van der Waals surface area contributed by atoms with E-state index in [1.165, 1.54) is 16.7 Å². The van der Waals surface area contributed by atoms with Gasteiger partial charge in [-0.25, -0.2) is 4.39 Å². The second kappa shape index (κ2) is 5.27. The molecule has 1 aromatic heterocycles. The van der Waals surface area contributed by atoms with Crippen molar-refractivity contribution in [2.75, 3.05) is 5.75 Å². The molecule has 0 saturated heterocycles. The van der Waals surface area contributed by atoms with Crippen LogP contribution in [0.1, 0.15) is 0 Å². The fraction of sp³-hybridized carbons (Fsp3) is 0.182. The molecule has 100 valence electrons. The number of aromatic nitrogens is 3. The number of benzene rings is 1. The summed E-state index contributed by atoms with van der Waals surface area (Å²) >= 11 is 0.998. The Morgan fingerprint density at radius 3 is 2.84 bits per heavy atom. The van der Waals surface area contributed by atoms with E-state index in [-0.39, 0.29) is 22.9 Å². The number of rotatable bonds is 4.